The summed E-state index contributed by atoms with van der Waals surface area (Å²) in [5, 5.41) is 4.34. The number of morpholine rings is 1. The number of hydrogen-bond donors (Lipinski definition) is 0. The van der Waals surface area contributed by atoms with E-state index in [-0.39, 0.29) is 24.5 Å². The Kier molecular flexibility index (Phi) is 5.47. The third kappa shape index (κ3) is 3.76. The van der Waals surface area contributed by atoms with Gasteiger partial charge in [-0.2, -0.15) is 5.10 Å². The molecule has 3 heterocycles. The molecule has 2 amide bonds. The monoisotopic (exact) mass is 336 g/mol. The van der Waals surface area contributed by atoms with Crippen LogP contribution >= 0.6 is 0 Å². The summed E-state index contributed by atoms with van der Waals surface area (Å²) in [6.07, 6.45) is 2.06. The van der Waals surface area contributed by atoms with Crippen LogP contribution < -0.4 is 0 Å². The van der Waals surface area contributed by atoms with E-state index in [0.29, 0.717) is 52.4 Å². The van der Waals surface area contributed by atoms with Gasteiger partial charge in [0, 0.05) is 32.4 Å². The summed E-state index contributed by atoms with van der Waals surface area (Å²) >= 11 is 0. The number of aromatic nitrogens is 2. The van der Waals surface area contributed by atoms with E-state index in [9.17, 15) is 9.59 Å². The Morgan fingerprint density at radius 2 is 2.08 bits per heavy atom. The number of ether oxygens (including phenoxy) is 2. The van der Waals surface area contributed by atoms with Gasteiger partial charge in [0.15, 0.2) is 0 Å². The standard InChI is InChI=1S/C16H24N4O4/c1-2-23-12-16(22)19-10-13-3-4-17-20(13)14(11-19)9-15(21)18-5-7-24-8-6-18/h3-4,14H,2,5-12H2,1H3. The first kappa shape index (κ1) is 16.9. The van der Waals surface area contributed by atoms with Crippen LogP contribution in [0.25, 0.3) is 0 Å². The van der Waals surface area contributed by atoms with Gasteiger partial charge in [0.05, 0.1) is 37.9 Å². The molecule has 0 radical (unpaired) electrons. The van der Waals surface area contributed by atoms with Crippen molar-refractivity contribution in [2.75, 3.05) is 46.1 Å². The predicted octanol–water partition coefficient (Wildman–Crippen LogP) is 0.0518. The molecule has 1 unspecified atom stereocenters. The first-order valence-electron chi connectivity index (χ1n) is 8.42. The zero-order chi connectivity index (χ0) is 16.9. The van der Waals surface area contributed by atoms with E-state index in [4.69, 9.17) is 9.47 Å². The molecule has 2 aliphatic rings. The van der Waals surface area contributed by atoms with Crippen molar-refractivity contribution in [1.29, 1.82) is 0 Å². The van der Waals surface area contributed by atoms with Gasteiger partial charge in [-0.1, -0.05) is 0 Å². The van der Waals surface area contributed by atoms with E-state index < -0.39 is 0 Å². The molecule has 0 aromatic carbocycles. The summed E-state index contributed by atoms with van der Waals surface area (Å²) in [5.74, 6) is 0.0389. The maximum Gasteiger partial charge on any atom is 0.248 e. The highest BCUT2D eigenvalue weighted by Gasteiger charge is 2.31. The van der Waals surface area contributed by atoms with E-state index in [1.807, 2.05) is 22.6 Å². The van der Waals surface area contributed by atoms with Gasteiger partial charge in [0.1, 0.15) is 6.61 Å². The molecule has 24 heavy (non-hydrogen) atoms. The molecule has 0 spiro atoms. The summed E-state index contributed by atoms with van der Waals surface area (Å²) in [7, 11) is 0. The van der Waals surface area contributed by atoms with E-state index in [2.05, 4.69) is 5.10 Å². The largest absolute Gasteiger partial charge is 0.378 e. The van der Waals surface area contributed by atoms with Crippen molar-refractivity contribution in [3.05, 3.63) is 18.0 Å². The van der Waals surface area contributed by atoms with Crippen LogP contribution in [-0.2, 0) is 25.6 Å². The van der Waals surface area contributed by atoms with Crippen LogP contribution in [0.4, 0.5) is 0 Å². The van der Waals surface area contributed by atoms with Crippen molar-refractivity contribution < 1.29 is 19.1 Å². The Labute approximate surface area is 141 Å². The highest BCUT2D eigenvalue weighted by molar-refractivity contribution is 5.78. The Bertz CT molecular complexity index is 582. The Morgan fingerprint density at radius 3 is 2.83 bits per heavy atom. The molecular weight excluding hydrogens is 312 g/mol. The van der Waals surface area contributed by atoms with Crippen molar-refractivity contribution in [3.63, 3.8) is 0 Å². The molecule has 132 valence electrons. The van der Waals surface area contributed by atoms with E-state index in [0.717, 1.165) is 5.69 Å². The average Bonchev–Trinajstić information content (AvgIpc) is 3.09. The van der Waals surface area contributed by atoms with Crippen LogP contribution in [0.5, 0.6) is 0 Å². The molecule has 1 aromatic heterocycles. The fraction of sp³-hybridized carbons (Fsp3) is 0.688. The smallest absolute Gasteiger partial charge is 0.248 e. The van der Waals surface area contributed by atoms with Gasteiger partial charge >= 0.3 is 0 Å². The molecule has 0 aliphatic carbocycles. The van der Waals surface area contributed by atoms with Crippen LogP contribution in [0.2, 0.25) is 0 Å². The zero-order valence-corrected chi connectivity index (χ0v) is 14.0. The van der Waals surface area contributed by atoms with Crippen molar-refractivity contribution in [2.45, 2.75) is 25.9 Å². The Balaban J connectivity index is 1.67. The minimum absolute atomic E-state index is 0.0480. The highest BCUT2D eigenvalue weighted by Crippen LogP contribution is 2.24. The number of fused-ring (bicyclic) bond motifs is 1. The Morgan fingerprint density at radius 1 is 1.29 bits per heavy atom. The second-order valence-electron chi connectivity index (χ2n) is 6.03. The lowest BCUT2D eigenvalue weighted by molar-refractivity contribution is -0.141. The normalized spacial score (nSPS) is 20.8. The van der Waals surface area contributed by atoms with Gasteiger partial charge in [0.2, 0.25) is 11.8 Å². The number of nitrogens with zero attached hydrogens (tertiary/aromatic N) is 4. The molecule has 3 rings (SSSR count). The SMILES string of the molecule is CCOCC(=O)N1Cc2ccnn2C(CC(=O)N2CCOCC2)C1. The van der Waals surface area contributed by atoms with Gasteiger partial charge in [-0.05, 0) is 13.0 Å². The first-order valence-corrected chi connectivity index (χ1v) is 8.42. The predicted molar refractivity (Wildman–Crippen MR) is 85.2 cm³/mol. The van der Waals surface area contributed by atoms with Crippen LogP contribution in [-0.4, -0.2) is 77.5 Å². The third-order valence-corrected chi connectivity index (χ3v) is 4.44. The first-order chi connectivity index (χ1) is 11.7. The molecule has 8 nitrogen and oxygen atoms in total. The van der Waals surface area contributed by atoms with Crippen LogP contribution in [0.3, 0.4) is 0 Å². The summed E-state index contributed by atoms with van der Waals surface area (Å²) < 4.78 is 12.4. The molecule has 1 atom stereocenters. The second-order valence-corrected chi connectivity index (χ2v) is 6.03. The second kappa shape index (κ2) is 7.76. The summed E-state index contributed by atoms with van der Waals surface area (Å²) in [6.45, 7) is 5.87. The van der Waals surface area contributed by atoms with Crippen LogP contribution in [0.15, 0.2) is 12.3 Å². The van der Waals surface area contributed by atoms with Crippen molar-refractivity contribution in [2.24, 2.45) is 0 Å². The summed E-state index contributed by atoms with van der Waals surface area (Å²) in [6, 6.07) is 1.76. The Hall–Kier alpha value is -1.93. The lowest BCUT2D eigenvalue weighted by atomic mass is 10.1. The fourth-order valence-electron chi connectivity index (χ4n) is 3.15. The van der Waals surface area contributed by atoms with Crippen molar-refractivity contribution >= 4 is 11.8 Å². The van der Waals surface area contributed by atoms with Crippen molar-refractivity contribution in [3.8, 4) is 0 Å². The quantitative estimate of drug-likeness (QED) is 0.759. The van der Waals surface area contributed by atoms with Gasteiger partial charge in [-0.15, -0.1) is 0 Å². The molecule has 0 N–H and O–H groups in total. The van der Waals surface area contributed by atoms with E-state index in [1.54, 1.807) is 11.1 Å². The topological polar surface area (TPSA) is 76.9 Å². The van der Waals surface area contributed by atoms with Gasteiger partial charge < -0.3 is 19.3 Å². The minimum atomic E-state index is -0.135. The molecule has 1 fully saturated rings. The average molecular weight is 336 g/mol. The number of hydrogen-bond acceptors (Lipinski definition) is 5. The third-order valence-electron chi connectivity index (χ3n) is 4.44. The van der Waals surface area contributed by atoms with Crippen LogP contribution in [0, 0.1) is 0 Å². The van der Waals surface area contributed by atoms with E-state index in [1.165, 1.54) is 0 Å². The summed E-state index contributed by atoms with van der Waals surface area (Å²) in [5.41, 5.74) is 0.950. The fourth-order valence-corrected chi connectivity index (χ4v) is 3.15. The van der Waals surface area contributed by atoms with Gasteiger partial charge in [-0.3, -0.25) is 14.3 Å². The maximum atomic E-state index is 12.5. The molecule has 8 heteroatoms. The van der Waals surface area contributed by atoms with Crippen LogP contribution in [0.1, 0.15) is 25.1 Å². The van der Waals surface area contributed by atoms with Gasteiger partial charge in [-0.25, -0.2) is 0 Å². The number of amides is 2. The number of carbonyl (C=O) groups excluding carboxylic acids is 2. The maximum absolute atomic E-state index is 12.5. The molecule has 0 saturated carbocycles. The number of carbonyl (C=O) groups is 2. The zero-order valence-electron chi connectivity index (χ0n) is 14.0. The molecule has 1 saturated heterocycles. The highest BCUT2D eigenvalue weighted by atomic mass is 16.5. The lowest BCUT2D eigenvalue weighted by Gasteiger charge is -2.35. The molecule has 0 bridgehead atoms. The number of rotatable bonds is 5. The van der Waals surface area contributed by atoms with Crippen molar-refractivity contribution in [1.82, 2.24) is 19.6 Å². The van der Waals surface area contributed by atoms with Gasteiger partial charge in [0.25, 0.3) is 0 Å². The molecule has 2 aliphatic heterocycles. The molecular formula is C16H24N4O4. The van der Waals surface area contributed by atoms with E-state index >= 15 is 0 Å². The summed E-state index contributed by atoms with van der Waals surface area (Å²) in [4.78, 5) is 28.4. The molecule has 1 aromatic rings. The lowest BCUT2D eigenvalue weighted by Crippen LogP contribution is -2.46. The minimum Gasteiger partial charge on any atom is -0.378 e.